The number of hydrogen-bond acceptors (Lipinski definition) is 5. The molecule has 0 spiro atoms. The van der Waals surface area contributed by atoms with Crippen molar-refractivity contribution in [3.05, 3.63) is 70.2 Å². The number of ether oxygens (including phenoxy) is 2. The average molecular weight is 499 g/mol. The predicted molar refractivity (Wildman–Crippen MR) is 120 cm³/mol. The third kappa shape index (κ3) is 7.72. The Bertz CT molecular complexity index is 960. The van der Waals surface area contributed by atoms with Gasteiger partial charge in [0, 0.05) is 44.7 Å². The number of rotatable bonds is 8. The SMILES string of the molecule is CC(=O)OCC(=O)N1CCN(CC(OCc2ccc(C(F)(F)F)cc2)c2ccc(Cl)cc2)CC1. The number of carbonyl (C=O) groups is 2. The molecule has 3 rings (SSSR count). The maximum atomic E-state index is 12.8. The van der Waals surface area contributed by atoms with Crippen LogP contribution in [-0.2, 0) is 31.8 Å². The van der Waals surface area contributed by atoms with Gasteiger partial charge in [0.15, 0.2) is 6.61 Å². The van der Waals surface area contributed by atoms with Crippen LogP contribution in [0.25, 0.3) is 0 Å². The Morgan fingerprint density at radius 2 is 1.62 bits per heavy atom. The molecule has 2 aromatic rings. The van der Waals surface area contributed by atoms with Crippen LogP contribution in [0.3, 0.4) is 0 Å². The van der Waals surface area contributed by atoms with E-state index in [-0.39, 0.29) is 25.2 Å². The fraction of sp³-hybridized carbons (Fsp3) is 0.417. The van der Waals surface area contributed by atoms with Crippen LogP contribution in [0.4, 0.5) is 13.2 Å². The van der Waals surface area contributed by atoms with Crippen molar-refractivity contribution >= 4 is 23.5 Å². The second kappa shape index (κ2) is 11.7. The normalized spacial score (nSPS) is 15.7. The maximum Gasteiger partial charge on any atom is 0.416 e. The molecule has 0 saturated carbocycles. The first-order valence-corrected chi connectivity index (χ1v) is 11.2. The van der Waals surface area contributed by atoms with Gasteiger partial charge in [-0.05, 0) is 35.4 Å². The quantitative estimate of drug-likeness (QED) is 0.507. The molecule has 2 aromatic carbocycles. The van der Waals surface area contributed by atoms with Crippen LogP contribution in [0, 0.1) is 0 Å². The first kappa shape index (κ1) is 26.0. The van der Waals surface area contributed by atoms with Gasteiger partial charge in [-0.1, -0.05) is 35.9 Å². The van der Waals surface area contributed by atoms with E-state index in [4.69, 9.17) is 21.1 Å². The number of piperazine rings is 1. The average Bonchev–Trinajstić information content (AvgIpc) is 2.81. The Morgan fingerprint density at radius 3 is 2.18 bits per heavy atom. The Kier molecular flexibility index (Phi) is 8.93. The largest absolute Gasteiger partial charge is 0.456 e. The summed E-state index contributed by atoms with van der Waals surface area (Å²) >= 11 is 6.01. The highest BCUT2D eigenvalue weighted by Crippen LogP contribution is 2.29. The minimum absolute atomic E-state index is 0.145. The van der Waals surface area contributed by atoms with E-state index >= 15 is 0 Å². The van der Waals surface area contributed by atoms with E-state index in [0.29, 0.717) is 43.3 Å². The molecule has 1 aliphatic heterocycles. The summed E-state index contributed by atoms with van der Waals surface area (Å²) in [6, 6.07) is 12.2. The van der Waals surface area contributed by atoms with E-state index in [9.17, 15) is 22.8 Å². The van der Waals surface area contributed by atoms with E-state index in [1.165, 1.54) is 19.1 Å². The highest BCUT2D eigenvalue weighted by molar-refractivity contribution is 6.30. The van der Waals surface area contributed by atoms with E-state index in [2.05, 4.69) is 4.90 Å². The summed E-state index contributed by atoms with van der Waals surface area (Å²) in [6.07, 6.45) is -4.73. The topological polar surface area (TPSA) is 59.1 Å². The van der Waals surface area contributed by atoms with Crippen molar-refractivity contribution in [1.82, 2.24) is 9.80 Å². The molecule has 10 heteroatoms. The Balaban J connectivity index is 1.60. The Morgan fingerprint density at radius 1 is 1.00 bits per heavy atom. The number of alkyl halides is 3. The van der Waals surface area contributed by atoms with Crippen LogP contribution in [0.2, 0.25) is 5.02 Å². The molecule has 0 aliphatic carbocycles. The van der Waals surface area contributed by atoms with Crippen LogP contribution in [0.1, 0.15) is 29.7 Å². The van der Waals surface area contributed by atoms with Crippen LogP contribution < -0.4 is 0 Å². The van der Waals surface area contributed by atoms with E-state index < -0.39 is 17.7 Å². The van der Waals surface area contributed by atoms with Crippen molar-refractivity contribution in [2.45, 2.75) is 25.8 Å². The third-order valence-corrected chi connectivity index (χ3v) is 5.77. The van der Waals surface area contributed by atoms with Crippen molar-refractivity contribution in [3.8, 4) is 0 Å². The molecular formula is C24H26ClF3N2O4. The zero-order chi connectivity index (χ0) is 24.7. The van der Waals surface area contributed by atoms with Gasteiger partial charge in [0.05, 0.1) is 18.3 Å². The van der Waals surface area contributed by atoms with Gasteiger partial charge in [0.25, 0.3) is 5.91 Å². The zero-order valence-electron chi connectivity index (χ0n) is 18.7. The number of benzene rings is 2. The zero-order valence-corrected chi connectivity index (χ0v) is 19.4. The van der Waals surface area contributed by atoms with E-state index in [0.717, 1.165) is 17.7 Å². The lowest BCUT2D eigenvalue weighted by Gasteiger charge is -2.36. The van der Waals surface area contributed by atoms with Crippen LogP contribution >= 0.6 is 11.6 Å². The third-order valence-electron chi connectivity index (χ3n) is 5.52. The van der Waals surface area contributed by atoms with Gasteiger partial charge < -0.3 is 14.4 Å². The number of esters is 1. The minimum Gasteiger partial charge on any atom is -0.456 e. The molecule has 0 bridgehead atoms. The molecule has 1 fully saturated rings. The molecule has 6 nitrogen and oxygen atoms in total. The van der Waals surface area contributed by atoms with E-state index in [1.807, 2.05) is 12.1 Å². The van der Waals surface area contributed by atoms with Gasteiger partial charge in [-0.25, -0.2) is 0 Å². The van der Waals surface area contributed by atoms with Crippen molar-refractivity contribution in [2.75, 3.05) is 39.3 Å². The van der Waals surface area contributed by atoms with Gasteiger partial charge in [-0.2, -0.15) is 13.2 Å². The van der Waals surface area contributed by atoms with Crippen molar-refractivity contribution in [2.24, 2.45) is 0 Å². The fourth-order valence-corrected chi connectivity index (χ4v) is 3.71. The highest BCUT2D eigenvalue weighted by Gasteiger charge is 2.30. The van der Waals surface area contributed by atoms with Crippen LogP contribution in [-0.4, -0.2) is 61.0 Å². The fourth-order valence-electron chi connectivity index (χ4n) is 3.59. The summed E-state index contributed by atoms with van der Waals surface area (Å²) in [5, 5.41) is 0.588. The molecule has 1 unspecified atom stereocenters. The number of hydrogen-bond donors (Lipinski definition) is 0. The van der Waals surface area contributed by atoms with Crippen molar-refractivity contribution in [3.63, 3.8) is 0 Å². The summed E-state index contributed by atoms with van der Waals surface area (Å²) < 4.78 is 49.3. The summed E-state index contributed by atoms with van der Waals surface area (Å²) in [7, 11) is 0. The van der Waals surface area contributed by atoms with Gasteiger partial charge in [0.1, 0.15) is 0 Å². The lowest BCUT2D eigenvalue weighted by molar-refractivity contribution is -0.151. The van der Waals surface area contributed by atoms with Crippen LogP contribution in [0.5, 0.6) is 0 Å². The molecule has 184 valence electrons. The van der Waals surface area contributed by atoms with Crippen LogP contribution in [0.15, 0.2) is 48.5 Å². The standard InChI is InChI=1S/C24H26ClF3N2O4/c1-17(31)33-16-23(32)30-12-10-29(11-13-30)14-22(19-4-8-21(25)9-5-19)34-15-18-2-6-20(7-3-18)24(26,27)28/h2-9,22H,10-16H2,1H3. The predicted octanol–water partition coefficient (Wildman–Crippen LogP) is 4.32. The molecule has 1 heterocycles. The Hall–Kier alpha value is -2.62. The lowest BCUT2D eigenvalue weighted by Crippen LogP contribution is -2.50. The second-order valence-electron chi connectivity index (χ2n) is 8.01. The molecule has 0 radical (unpaired) electrons. The number of nitrogens with zero attached hydrogens (tertiary/aromatic N) is 2. The summed E-state index contributed by atoms with van der Waals surface area (Å²) in [5.41, 5.74) is 0.823. The smallest absolute Gasteiger partial charge is 0.416 e. The van der Waals surface area contributed by atoms with Gasteiger partial charge in [-0.15, -0.1) is 0 Å². The minimum atomic E-state index is -4.38. The Labute approximate surface area is 201 Å². The molecule has 1 aliphatic rings. The number of halogens is 4. The van der Waals surface area contributed by atoms with Gasteiger partial charge >= 0.3 is 12.1 Å². The maximum absolute atomic E-state index is 12.8. The summed E-state index contributed by atoms with van der Waals surface area (Å²) in [6.45, 7) is 3.88. The van der Waals surface area contributed by atoms with Crippen molar-refractivity contribution < 1.29 is 32.2 Å². The molecule has 1 saturated heterocycles. The van der Waals surface area contributed by atoms with Gasteiger partial charge in [-0.3, -0.25) is 14.5 Å². The second-order valence-corrected chi connectivity index (χ2v) is 8.44. The summed E-state index contributed by atoms with van der Waals surface area (Å²) in [4.78, 5) is 26.9. The highest BCUT2D eigenvalue weighted by atomic mass is 35.5. The molecule has 0 aromatic heterocycles. The molecule has 1 atom stereocenters. The lowest BCUT2D eigenvalue weighted by atomic mass is 10.1. The molecular weight excluding hydrogens is 473 g/mol. The first-order chi connectivity index (χ1) is 16.1. The summed E-state index contributed by atoms with van der Waals surface area (Å²) in [5.74, 6) is -0.731. The molecule has 34 heavy (non-hydrogen) atoms. The monoisotopic (exact) mass is 498 g/mol. The number of amides is 1. The van der Waals surface area contributed by atoms with Crippen molar-refractivity contribution in [1.29, 1.82) is 0 Å². The van der Waals surface area contributed by atoms with E-state index in [1.54, 1.807) is 17.0 Å². The molecule has 1 amide bonds. The van der Waals surface area contributed by atoms with Gasteiger partial charge in [0.2, 0.25) is 0 Å². The number of carbonyl (C=O) groups excluding carboxylic acids is 2. The first-order valence-electron chi connectivity index (χ1n) is 10.8. The molecule has 0 N–H and O–H groups in total.